The van der Waals surface area contributed by atoms with Crippen LogP contribution in [-0.4, -0.2) is 49.0 Å². The number of hydrogen-bond donors (Lipinski definition) is 1. The number of likely N-dealkylation sites (tertiary alicyclic amines) is 1. The summed E-state index contributed by atoms with van der Waals surface area (Å²) in [6.45, 7) is 6.59. The van der Waals surface area contributed by atoms with Gasteiger partial charge in [0.15, 0.2) is 0 Å². The fraction of sp³-hybridized carbons (Fsp3) is 1.00. The molecule has 1 atom stereocenters. The lowest BCUT2D eigenvalue weighted by molar-refractivity contribution is -0.0141. The first-order chi connectivity index (χ1) is 8.28. The molecule has 1 saturated carbocycles. The van der Waals surface area contributed by atoms with Gasteiger partial charge in [-0.25, -0.2) is 0 Å². The molecular weight excluding hydrogens is 214 g/mol. The molecule has 3 heteroatoms. The molecule has 2 aliphatic rings. The van der Waals surface area contributed by atoms with E-state index in [-0.39, 0.29) is 5.41 Å². The normalized spacial score (nSPS) is 29.6. The maximum Gasteiger partial charge on any atom is 0.0702 e. The number of rotatable bonds is 5. The van der Waals surface area contributed by atoms with Crippen LogP contribution in [0.4, 0.5) is 0 Å². The third kappa shape index (κ3) is 3.43. The van der Waals surface area contributed by atoms with Crippen LogP contribution in [0.3, 0.4) is 0 Å². The highest BCUT2D eigenvalue weighted by molar-refractivity contribution is 4.88. The van der Waals surface area contributed by atoms with Crippen molar-refractivity contribution in [2.45, 2.75) is 51.6 Å². The minimum absolute atomic E-state index is 0.202. The fourth-order valence-corrected chi connectivity index (χ4v) is 3.49. The van der Waals surface area contributed by atoms with Crippen LogP contribution in [0.25, 0.3) is 0 Å². The van der Waals surface area contributed by atoms with E-state index in [4.69, 9.17) is 4.74 Å². The van der Waals surface area contributed by atoms with Gasteiger partial charge in [-0.2, -0.15) is 0 Å². The predicted molar refractivity (Wildman–Crippen MR) is 69.1 cm³/mol. The second kappa shape index (κ2) is 6.17. The molecule has 0 radical (unpaired) electrons. The lowest BCUT2D eigenvalue weighted by Crippen LogP contribution is -2.46. The van der Waals surface area contributed by atoms with Gasteiger partial charge >= 0.3 is 0 Å². The van der Waals surface area contributed by atoms with E-state index in [1.807, 2.05) is 0 Å². The summed E-state index contributed by atoms with van der Waals surface area (Å²) in [5, 5.41) is 9.66. The summed E-state index contributed by atoms with van der Waals surface area (Å²) < 4.78 is 5.74. The van der Waals surface area contributed by atoms with Gasteiger partial charge in [-0.3, -0.25) is 0 Å². The summed E-state index contributed by atoms with van der Waals surface area (Å²) in [6.07, 6.45) is 7.87. The second-order valence-electron chi connectivity index (χ2n) is 5.82. The van der Waals surface area contributed by atoms with Crippen molar-refractivity contribution in [2.75, 3.05) is 32.8 Å². The van der Waals surface area contributed by atoms with Gasteiger partial charge in [0.25, 0.3) is 0 Å². The highest BCUT2D eigenvalue weighted by Crippen LogP contribution is 2.38. The molecule has 0 aromatic carbocycles. The van der Waals surface area contributed by atoms with Gasteiger partial charge in [0.05, 0.1) is 6.10 Å². The summed E-state index contributed by atoms with van der Waals surface area (Å²) in [4.78, 5) is 2.52. The van der Waals surface area contributed by atoms with Crippen LogP contribution < -0.4 is 0 Å². The van der Waals surface area contributed by atoms with Gasteiger partial charge < -0.3 is 14.7 Å². The topological polar surface area (TPSA) is 32.7 Å². The first kappa shape index (κ1) is 13.3. The van der Waals surface area contributed by atoms with E-state index >= 15 is 0 Å². The van der Waals surface area contributed by atoms with Gasteiger partial charge in [0.2, 0.25) is 0 Å². The molecule has 1 aliphatic heterocycles. The molecule has 1 unspecified atom stereocenters. The van der Waals surface area contributed by atoms with Crippen molar-refractivity contribution < 1.29 is 9.84 Å². The Hall–Kier alpha value is -0.120. The van der Waals surface area contributed by atoms with E-state index in [9.17, 15) is 5.11 Å². The van der Waals surface area contributed by atoms with Crippen LogP contribution in [0.5, 0.6) is 0 Å². The molecule has 1 heterocycles. The molecule has 0 bridgehead atoms. The lowest BCUT2D eigenvalue weighted by Gasteiger charge is -2.38. The van der Waals surface area contributed by atoms with E-state index in [2.05, 4.69) is 11.8 Å². The first-order valence-corrected chi connectivity index (χ1v) is 7.23. The zero-order chi connectivity index (χ0) is 12.1. The largest absolute Gasteiger partial charge is 0.396 e. The number of ether oxygens (including phenoxy) is 1. The minimum Gasteiger partial charge on any atom is -0.396 e. The monoisotopic (exact) mass is 241 g/mol. The quantitative estimate of drug-likeness (QED) is 0.799. The van der Waals surface area contributed by atoms with Gasteiger partial charge in [0, 0.05) is 31.7 Å². The second-order valence-corrected chi connectivity index (χ2v) is 5.82. The van der Waals surface area contributed by atoms with Gasteiger partial charge in [-0.15, -0.1) is 0 Å². The van der Waals surface area contributed by atoms with Crippen LogP contribution >= 0.6 is 0 Å². The average Bonchev–Trinajstić information content (AvgIpc) is 2.79. The van der Waals surface area contributed by atoms with Crippen LogP contribution in [-0.2, 0) is 4.74 Å². The smallest absolute Gasteiger partial charge is 0.0702 e. The minimum atomic E-state index is 0.202. The Labute approximate surface area is 105 Å². The molecule has 100 valence electrons. The van der Waals surface area contributed by atoms with Crippen molar-refractivity contribution >= 4 is 0 Å². The Balaban J connectivity index is 1.85. The molecule has 3 nitrogen and oxygen atoms in total. The molecule has 0 spiro atoms. The standard InChI is InChI=1S/C14H27NO2/c1-2-17-13-6-5-9-15(10-13)11-14(12-16)7-3-4-8-14/h13,16H,2-12H2,1H3. The van der Waals surface area contributed by atoms with Crippen LogP contribution in [0.2, 0.25) is 0 Å². The number of aliphatic hydroxyl groups is 1. The maximum absolute atomic E-state index is 9.66. The van der Waals surface area contributed by atoms with Crippen molar-refractivity contribution in [3.63, 3.8) is 0 Å². The van der Waals surface area contributed by atoms with Crippen LogP contribution in [0.1, 0.15) is 45.4 Å². The maximum atomic E-state index is 9.66. The van der Waals surface area contributed by atoms with Crippen LogP contribution in [0.15, 0.2) is 0 Å². The van der Waals surface area contributed by atoms with Gasteiger partial charge in [0.1, 0.15) is 0 Å². The summed E-state index contributed by atoms with van der Waals surface area (Å²) in [7, 11) is 0. The Bertz CT molecular complexity index is 224. The molecule has 0 aromatic heterocycles. The predicted octanol–water partition coefficient (Wildman–Crippen LogP) is 2.04. The summed E-state index contributed by atoms with van der Waals surface area (Å²) in [6, 6.07) is 0. The SMILES string of the molecule is CCOC1CCCN(CC2(CO)CCCC2)C1. The highest BCUT2D eigenvalue weighted by Gasteiger charge is 2.36. The van der Waals surface area contributed by atoms with Crippen molar-refractivity contribution in [1.29, 1.82) is 0 Å². The zero-order valence-corrected chi connectivity index (χ0v) is 11.2. The zero-order valence-electron chi connectivity index (χ0n) is 11.2. The van der Waals surface area contributed by atoms with Crippen LogP contribution in [0, 0.1) is 5.41 Å². The molecule has 1 aliphatic carbocycles. The Kier molecular flexibility index (Phi) is 4.83. The molecule has 0 aromatic rings. The summed E-state index contributed by atoms with van der Waals surface area (Å²) >= 11 is 0. The number of nitrogens with zero attached hydrogens (tertiary/aromatic N) is 1. The van der Waals surface area contributed by atoms with E-state index in [1.165, 1.54) is 45.1 Å². The Morgan fingerprint density at radius 2 is 2.06 bits per heavy atom. The average molecular weight is 241 g/mol. The Morgan fingerprint density at radius 1 is 1.29 bits per heavy atom. The fourth-order valence-electron chi connectivity index (χ4n) is 3.49. The number of piperidine rings is 1. The molecule has 1 N–H and O–H groups in total. The third-order valence-electron chi connectivity index (χ3n) is 4.42. The number of hydrogen-bond acceptors (Lipinski definition) is 3. The summed E-state index contributed by atoms with van der Waals surface area (Å²) in [5.41, 5.74) is 0.202. The molecule has 2 fully saturated rings. The van der Waals surface area contributed by atoms with Crippen molar-refractivity contribution in [2.24, 2.45) is 5.41 Å². The van der Waals surface area contributed by atoms with E-state index < -0.39 is 0 Å². The highest BCUT2D eigenvalue weighted by atomic mass is 16.5. The Morgan fingerprint density at radius 3 is 2.71 bits per heavy atom. The summed E-state index contributed by atoms with van der Waals surface area (Å²) in [5.74, 6) is 0. The van der Waals surface area contributed by atoms with Crippen molar-refractivity contribution in [3.8, 4) is 0 Å². The van der Waals surface area contributed by atoms with E-state index in [0.29, 0.717) is 12.7 Å². The van der Waals surface area contributed by atoms with Gasteiger partial charge in [-0.1, -0.05) is 12.8 Å². The van der Waals surface area contributed by atoms with Crippen molar-refractivity contribution in [3.05, 3.63) is 0 Å². The van der Waals surface area contributed by atoms with Crippen molar-refractivity contribution in [1.82, 2.24) is 4.90 Å². The van der Waals surface area contributed by atoms with E-state index in [1.54, 1.807) is 0 Å². The molecule has 1 saturated heterocycles. The molecule has 2 rings (SSSR count). The number of aliphatic hydroxyl groups excluding tert-OH is 1. The molecular formula is C14H27NO2. The molecule has 0 amide bonds. The third-order valence-corrected chi connectivity index (χ3v) is 4.42. The lowest BCUT2D eigenvalue weighted by atomic mass is 9.86. The van der Waals surface area contributed by atoms with Gasteiger partial charge in [-0.05, 0) is 39.2 Å². The first-order valence-electron chi connectivity index (χ1n) is 7.23. The molecule has 17 heavy (non-hydrogen) atoms. The van der Waals surface area contributed by atoms with E-state index in [0.717, 1.165) is 19.7 Å².